The zero-order valence-electron chi connectivity index (χ0n) is 14.6. The number of anilines is 1. The molecule has 0 atom stereocenters. The molecule has 2 amide bonds. The number of rotatable bonds is 7. The van der Waals surface area contributed by atoms with Gasteiger partial charge in [-0.3, -0.25) is 9.59 Å². The van der Waals surface area contributed by atoms with Gasteiger partial charge < -0.3 is 15.6 Å². The van der Waals surface area contributed by atoms with Crippen LogP contribution in [0.15, 0.2) is 47.0 Å². The van der Waals surface area contributed by atoms with Crippen LogP contribution in [-0.2, 0) is 11.2 Å². The summed E-state index contributed by atoms with van der Waals surface area (Å²) in [6.07, 6.45) is 1.25. The Balaban J connectivity index is 1.50. The topological polar surface area (TPSA) is 111 Å². The summed E-state index contributed by atoms with van der Waals surface area (Å²) in [5, 5.41) is 7.46. The minimum atomic E-state index is -0.625. The fourth-order valence-electron chi connectivity index (χ4n) is 2.49. The lowest BCUT2D eigenvalue weighted by Crippen LogP contribution is -2.14. The molecule has 3 aromatic rings. The molecule has 0 saturated carbocycles. The molecule has 0 unspecified atom stereocenters. The number of benzene rings is 2. The van der Waals surface area contributed by atoms with Crippen molar-refractivity contribution in [1.82, 2.24) is 10.1 Å². The lowest BCUT2D eigenvalue weighted by molar-refractivity contribution is -0.116. The first kappa shape index (κ1) is 19.9. The maximum Gasteiger partial charge on any atom is 0.250 e. The highest BCUT2D eigenvalue weighted by Gasteiger charge is 2.11. The van der Waals surface area contributed by atoms with Crippen LogP contribution in [0.2, 0.25) is 10.0 Å². The molecule has 1 aromatic heterocycles. The van der Waals surface area contributed by atoms with Gasteiger partial charge in [0.2, 0.25) is 23.5 Å². The number of nitrogens with one attached hydrogen (secondary N) is 1. The summed E-state index contributed by atoms with van der Waals surface area (Å²) in [5.74, 6) is 0.104. The maximum atomic E-state index is 12.1. The van der Waals surface area contributed by atoms with Gasteiger partial charge in [-0.15, -0.1) is 0 Å². The molecular formula is C19H16Cl2N4O3. The molecule has 2 aromatic carbocycles. The van der Waals surface area contributed by atoms with Gasteiger partial charge >= 0.3 is 0 Å². The SMILES string of the molecule is NC(=O)c1ccc(NC(=O)CCCc2nc(-c3ccc(Cl)cc3)no2)cc1Cl. The van der Waals surface area contributed by atoms with Crippen molar-refractivity contribution in [2.45, 2.75) is 19.3 Å². The Kier molecular flexibility index (Phi) is 6.28. The molecule has 3 rings (SSSR count). The van der Waals surface area contributed by atoms with Crippen LogP contribution in [0.3, 0.4) is 0 Å². The number of carbonyl (C=O) groups is 2. The number of nitrogens with zero attached hydrogens (tertiary/aromatic N) is 2. The van der Waals surface area contributed by atoms with Crippen LogP contribution in [-0.4, -0.2) is 22.0 Å². The number of amides is 2. The number of nitrogens with two attached hydrogens (primary N) is 1. The largest absolute Gasteiger partial charge is 0.366 e. The second kappa shape index (κ2) is 8.86. The van der Waals surface area contributed by atoms with Gasteiger partial charge in [0.15, 0.2) is 0 Å². The molecule has 0 aliphatic carbocycles. The van der Waals surface area contributed by atoms with Gasteiger partial charge in [0.25, 0.3) is 0 Å². The molecule has 1 heterocycles. The Hall–Kier alpha value is -2.90. The predicted molar refractivity (Wildman–Crippen MR) is 106 cm³/mol. The van der Waals surface area contributed by atoms with Gasteiger partial charge in [0.1, 0.15) is 0 Å². The third kappa shape index (κ3) is 5.09. The molecule has 0 bridgehead atoms. The van der Waals surface area contributed by atoms with Gasteiger partial charge in [-0.05, 0) is 48.9 Å². The van der Waals surface area contributed by atoms with Crippen molar-refractivity contribution in [2.24, 2.45) is 5.73 Å². The zero-order chi connectivity index (χ0) is 20.1. The van der Waals surface area contributed by atoms with Gasteiger partial charge in [0, 0.05) is 29.1 Å². The smallest absolute Gasteiger partial charge is 0.250 e. The van der Waals surface area contributed by atoms with Gasteiger partial charge in [-0.25, -0.2) is 0 Å². The van der Waals surface area contributed by atoms with E-state index in [0.717, 1.165) is 5.56 Å². The quantitative estimate of drug-likeness (QED) is 0.599. The molecule has 0 aliphatic heterocycles. The fraction of sp³-hybridized carbons (Fsp3) is 0.158. The first-order chi connectivity index (χ1) is 13.4. The van der Waals surface area contributed by atoms with Crippen LogP contribution in [0.5, 0.6) is 0 Å². The second-order valence-electron chi connectivity index (χ2n) is 5.98. The first-order valence-corrected chi connectivity index (χ1v) is 9.15. The van der Waals surface area contributed by atoms with E-state index in [2.05, 4.69) is 15.5 Å². The molecule has 0 aliphatic rings. The van der Waals surface area contributed by atoms with Crippen LogP contribution in [0, 0.1) is 0 Å². The van der Waals surface area contributed by atoms with Crippen LogP contribution in [0.25, 0.3) is 11.4 Å². The highest BCUT2D eigenvalue weighted by Crippen LogP contribution is 2.21. The third-order valence-corrected chi connectivity index (χ3v) is 4.45. The summed E-state index contributed by atoms with van der Waals surface area (Å²) < 4.78 is 5.21. The average Bonchev–Trinajstić information content (AvgIpc) is 3.11. The van der Waals surface area contributed by atoms with Crippen molar-refractivity contribution in [1.29, 1.82) is 0 Å². The van der Waals surface area contributed by atoms with Crippen molar-refractivity contribution in [2.75, 3.05) is 5.32 Å². The summed E-state index contributed by atoms with van der Waals surface area (Å²) in [7, 11) is 0. The Morgan fingerprint density at radius 2 is 1.86 bits per heavy atom. The molecule has 9 heteroatoms. The van der Waals surface area contributed by atoms with Crippen LogP contribution in [0.1, 0.15) is 29.1 Å². The Morgan fingerprint density at radius 1 is 1.11 bits per heavy atom. The van der Waals surface area contributed by atoms with E-state index < -0.39 is 5.91 Å². The van der Waals surface area contributed by atoms with Crippen molar-refractivity contribution in [3.05, 3.63) is 64.0 Å². The zero-order valence-corrected chi connectivity index (χ0v) is 16.1. The Bertz CT molecular complexity index is 1000. The number of aryl methyl sites for hydroxylation is 1. The molecule has 28 heavy (non-hydrogen) atoms. The average molecular weight is 419 g/mol. The van der Waals surface area contributed by atoms with Crippen molar-refractivity contribution in [3.8, 4) is 11.4 Å². The van der Waals surface area contributed by atoms with E-state index in [4.69, 9.17) is 33.5 Å². The fourth-order valence-corrected chi connectivity index (χ4v) is 2.89. The van der Waals surface area contributed by atoms with Gasteiger partial charge in [-0.2, -0.15) is 4.98 Å². The van der Waals surface area contributed by atoms with E-state index in [0.29, 0.717) is 35.3 Å². The lowest BCUT2D eigenvalue weighted by atomic mass is 10.2. The van der Waals surface area contributed by atoms with Gasteiger partial charge in [0.05, 0.1) is 10.6 Å². The number of primary amides is 1. The maximum absolute atomic E-state index is 12.1. The molecule has 3 N–H and O–H groups in total. The predicted octanol–water partition coefficient (Wildman–Crippen LogP) is 4.10. The van der Waals surface area contributed by atoms with Gasteiger partial charge in [-0.1, -0.05) is 28.4 Å². The molecule has 0 fully saturated rings. The number of carbonyl (C=O) groups excluding carboxylic acids is 2. The molecule has 144 valence electrons. The monoisotopic (exact) mass is 418 g/mol. The van der Waals surface area contributed by atoms with E-state index >= 15 is 0 Å². The number of hydrogen-bond donors (Lipinski definition) is 2. The standard InChI is InChI=1S/C19H16Cl2N4O3/c20-12-6-4-11(5-7-12)19-24-17(28-25-19)3-1-2-16(26)23-13-8-9-14(18(22)27)15(21)10-13/h4-10H,1-3H2,(H2,22,27)(H,23,26). The number of aromatic nitrogens is 2. The van der Waals surface area contributed by atoms with Crippen LogP contribution in [0.4, 0.5) is 5.69 Å². The summed E-state index contributed by atoms with van der Waals surface area (Å²) in [6.45, 7) is 0. The van der Waals surface area contributed by atoms with E-state index in [9.17, 15) is 9.59 Å². The van der Waals surface area contributed by atoms with E-state index in [-0.39, 0.29) is 22.9 Å². The minimum absolute atomic E-state index is 0.186. The van der Waals surface area contributed by atoms with Crippen molar-refractivity contribution in [3.63, 3.8) is 0 Å². The first-order valence-electron chi connectivity index (χ1n) is 8.40. The normalized spacial score (nSPS) is 10.6. The van der Waals surface area contributed by atoms with E-state index in [1.54, 1.807) is 30.3 Å². The minimum Gasteiger partial charge on any atom is -0.366 e. The summed E-state index contributed by atoms with van der Waals surface area (Å²) in [6, 6.07) is 11.6. The van der Waals surface area contributed by atoms with E-state index in [1.807, 2.05) is 0 Å². The molecule has 0 spiro atoms. The molecule has 0 saturated heterocycles. The van der Waals surface area contributed by atoms with Crippen molar-refractivity contribution < 1.29 is 14.1 Å². The third-order valence-electron chi connectivity index (χ3n) is 3.88. The Labute approximate surface area is 170 Å². The van der Waals surface area contributed by atoms with Crippen LogP contribution >= 0.6 is 23.2 Å². The summed E-state index contributed by atoms with van der Waals surface area (Å²) in [4.78, 5) is 27.5. The number of halogens is 2. The summed E-state index contributed by atoms with van der Waals surface area (Å²) >= 11 is 11.8. The molecule has 0 radical (unpaired) electrons. The highest BCUT2D eigenvalue weighted by atomic mass is 35.5. The second-order valence-corrected chi connectivity index (χ2v) is 6.82. The van der Waals surface area contributed by atoms with Crippen LogP contribution < -0.4 is 11.1 Å². The highest BCUT2D eigenvalue weighted by molar-refractivity contribution is 6.34. The van der Waals surface area contributed by atoms with Crippen molar-refractivity contribution >= 4 is 40.7 Å². The number of hydrogen-bond acceptors (Lipinski definition) is 5. The summed E-state index contributed by atoms with van der Waals surface area (Å²) in [5.41, 5.74) is 6.69. The molecular weight excluding hydrogens is 403 g/mol. The lowest BCUT2D eigenvalue weighted by Gasteiger charge is -2.07. The molecule has 7 nitrogen and oxygen atoms in total. The van der Waals surface area contributed by atoms with E-state index in [1.165, 1.54) is 12.1 Å². The Morgan fingerprint density at radius 3 is 2.54 bits per heavy atom.